The number of halogens is 1. The minimum Gasteiger partial charge on any atom is -0.467 e. The van der Waals surface area contributed by atoms with Gasteiger partial charge in [-0.2, -0.15) is 5.10 Å². The van der Waals surface area contributed by atoms with Crippen LogP contribution < -0.4 is 5.32 Å². The number of para-hydroxylation sites is 1. The molecule has 8 heteroatoms. The van der Waals surface area contributed by atoms with Crippen molar-refractivity contribution in [1.29, 1.82) is 0 Å². The van der Waals surface area contributed by atoms with Crippen LogP contribution >= 0.6 is 0 Å². The van der Waals surface area contributed by atoms with E-state index in [4.69, 9.17) is 0 Å². The van der Waals surface area contributed by atoms with Crippen molar-refractivity contribution in [3.05, 3.63) is 66.4 Å². The molecule has 26 heavy (non-hydrogen) atoms. The molecule has 0 radical (unpaired) electrons. The Labute approximate surface area is 149 Å². The number of carbonyl (C=O) groups excluding carboxylic acids is 2. The Morgan fingerprint density at radius 3 is 2.54 bits per heavy atom. The van der Waals surface area contributed by atoms with E-state index in [1.54, 1.807) is 47.3 Å². The third-order valence-electron chi connectivity index (χ3n) is 3.82. The molecular formula is C18H17FN4O3. The summed E-state index contributed by atoms with van der Waals surface area (Å²) in [5.41, 5.74) is 0.400. The normalized spacial score (nSPS) is 11.8. The summed E-state index contributed by atoms with van der Waals surface area (Å²) in [6, 6.07) is 8.85. The van der Waals surface area contributed by atoms with Crippen molar-refractivity contribution in [3.63, 3.8) is 0 Å². The third kappa shape index (κ3) is 3.21. The molecule has 2 aromatic heterocycles. The predicted octanol–water partition coefficient (Wildman–Crippen LogP) is 2.09. The molecule has 1 aromatic carbocycles. The van der Waals surface area contributed by atoms with Crippen molar-refractivity contribution >= 4 is 11.9 Å². The first kappa shape index (κ1) is 17.4. The number of esters is 1. The molecule has 1 unspecified atom stereocenters. The lowest BCUT2D eigenvalue weighted by Crippen LogP contribution is -2.39. The average molecular weight is 356 g/mol. The third-order valence-corrected chi connectivity index (χ3v) is 3.82. The van der Waals surface area contributed by atoms with Crippen LogP contribution in [-0.2, 0) is 9.53 Å². The molecule has 0 fully saturated rings. The van der Waals surface area contributed by atoms with Crippen molar-refractivity contribution in [2.75, 3.05) is 7.11 Å². The maximum Gasteiger partial charge on any atom is 0.328 e. The zero-order valence-corrected chi connectivity index (χ0v) is 14.2. The van der Waals surface area contributed by atoms with Crippen LogP contribution in [0.4, 0.5) is 4.39 Å². The molecule has 0 bridgehead atoms. The fourth-order valence-corrected chi connectivity index (χ4v) is 2.54. The largest absolute Gasteiger partial charge is 0.467 e. The molecule has 0 saturated carbocycles. The van der Waals surface area contributed by atoms with E-state index < -0.39 is 23.7 Å². The average Bonchev–Trinajstić information content (AvgIpc) is 3.30. The summed E-state index contributed by atoms with van der Waals surface area (Å²) in [4.78, 5) is 24.2. The monoisotopic (exact) mass is 356 g/mol. The highest BCUT2D eigenvalue weighted by molar-refractivity contribution is 5.99. The first-order chi connectivity index (χ1) is 12.5. The Morgan fingerprint density at radius 2 is 1.88 bits per heavy atom. The van der Waals surface area contributed by atoms with E-state index in [0.29, 0.717) is 5.82 Å². The summed E-state index contributed by atoms with van der Waals surface area (Å²) in [5.74, 6) is -1.20. The van der Waals surface area contributed by atoms with Crippen LogP contribution in [0.25, 0.3) is 11.5 Å². The maximum atomic E-state index is 14.2. The number of benzene rings is 1. The van der Waals surface area contributed by atoms with Crippen LogP contribution in [0.1, 0.15) is 17.3 Å². The highest BCUT2D eigenvalue weighted by Gasteiger charge is 2.24. The molecule has 0 aliphatic heterocycles. The first-order valence-corrected chi connectivity index (χ1v) is 7.88. The topological polar surface area (TPSA) is 78.2 Å². The molecule has 1 amide bonds. The van der Waals surface area contributed by atoms with Crippen LogP contribution in [0.2, 0.25) is 0 Å². The number of ether oxygens (including phenoxy) is 1. The Hall–Kier alpha value is -3.42. The molecule has 3 rings (SSSR count). The van der Waals surface area contributed by atoms with E-state index >= 15 is 0 Å². The standard InChI is InChI=1S/C18H17FN4O3/c1-12(18(25)26-2)21-16(24)13-11-20-23(15-8-4-3-7-14(15)19)17(13)22-9-5-6-10-22/h3-12H,1-2H3,(H,21,24). The Bertz CT molecular complexity index is 934. The van der Waals surface area contributed by atoms with Crippen molar-refractivity contribution in [2.24, 2.45) is 0 Å². The van der Waals surface area contributed by atoms with Gasteiger partial charge in [-0.3, -0.25) is 4.79 Å². The van der Waals surface area contributed by atoms with E-state index in [-0.39, 0.29) is 11.3 Å². The van der Waals surface area contributed by atoms with Crippen molar-refractivity contribution in [2.45, 2.75) is 13.0 Å². The number of rotatable bonds is 5. The lowest BCUT2D eigenvalue weighted by molar-refractivity contribution is -0.142. The molecule has 134 valence electrons. The number of hydrogen-bond donors (Lipinski definition) is 1. The number of hydrogen-bond acceptors (Lipinski definition) is 4. The van der Waals surface area contributed by atoms with Crippen LogP contribution in [0.5, 0.6) is 0 Å². The minimum atomic E-state index is -0.832. The van der Waals surface area contributed by atoms with Gasteiger partial charge in [-0.25, -0.2) is 13.9 Å². The molecule has 3 aromatic rings. The number of amides is 1. The Morgan fingerprint density at radius 1 is 1.19 bits per heavy atom. The molecular weight excluding hydrogens is 339 g/mol. The molecule has 0 aliphatic carbocycles. The van der Waals surface area contributed by atoms with Gasteiger partial charge >= 0.3 is 5.97 Å². The molecule has 0 aliphatic rings. The van der Waals surface area contributed by atoms with E-state index in [1.165, 1.54) is 31.0 Å². The summed E-state index contributed by atoms with van der Waals surface area (Å²) < 4.78 is 21.8. The van der Waals surface area contributed by atoms with Gasteiger partial charge in [0.2, 0.25) is 0 Å². The van der Waals surface area contributed by atoms with Gasteiger partial charge in [-0.15, -0.1) is 0 Å². The summed E-state index contributed by atoms with van der Waals surface area (Å²) in [7, 11) is 1.24. The number of nitrogens with one attached hydrogen (secondary N) is 1. The van der Waals surface area contributed by atoms with Crippen LogP contribution in [-0.4, -0.2) is 39.4 Å². The molecule has 0 saturated heterocycles. The fourth-order valence-electron chi connectivity index (χ4n) is 2.54. The fraction of sp³-hybridized carbons (Fsp3) is 0.167. The quantitative estimate of drug-likeness (QED) is 0.710. The first-order valence-electron chi connectivity index (χ1n) is 7.88. The lowest BCUT2D eigenvalue weighted by atomic mass is 10.2. The molecule has 0 spiro atoms. The highest BCUT2D eigenvalue weighted by atomic mass is 19.1. The van der Waals surface area contributed by atoms with Gasteiger partial charge in [0.1, 0.15) is 23.1 Å². The van der Waals surface area contributed by atoms with E-state index in [1.807, 2.05) is 0 Å². The molecule has 2 heterocycles. The zero-order valence-electron chi connectivity index (χ0n) is 14.2. The number of methoxy groups -OCH3 is 1. The van der Waals surface area contributed by atoms with Crippen LogP contribution in [0, 0.1) is 5.82 Å². The van der Waals surface area contributed by atoms with Gasteiger partial charge in [0.05, 0.1) is 13.3 Å². The maximum absolute atomic E-state index is 14.2. The second-order valence-electron chi connectivity index (χ2n) is 5.55. The van der Waals surface area contributed by atoms with Crippen molar-refractivity contribution in [1.82, 2.24) is 19.7 Å². The summed E-state index contributed by atoms with van der Waals surface area (Å²) in [6.07, 6.45) is 4.77. The predicted molar refractivity (Wildman–Crippen MR) is 91.8 cm³/mol. The van der Waals surface area contributed by atoms with E-state index in [9.17, 15) is 14.0 Å². The molecule has 7 nitrogen and oxygen atoms in total. The SMILES string of the molecule is COC(=O)C(C)NC(=O)c1cnn(-c2ccccc2F)c1-n1cccc1. The van der Waals surface area contributed by atoms with Crippen LogP contribution in [0.15, 0.2) is 55.0 Å². The van der Waals surface area contributed by atoms with Gasteiger partial charge in [-0.1, -0.05) is 12.1 Å². The second-order valence-corrected chi connectivity index (χ2v) is 5.55. The second kappa shape index (κ2) is 7.22. The van der Waals surface area contributed by atoms with Crippen LogP contribution in [0.3, 0.4) is 0 Å². The van der Waals surface area contributed by atoms with Crippen molar-refractivity contribution < 1.29 is 18.7 Å². The van der Waals surface area contributed by atoms with Crippen molar-refractivity contribution in [3.8, 4) is 11.5 Å². The van der Waals surface area contributed by atoms with Gasteiger partial charge in [0.15, 0.2) is 5.82 Å². The Kier molecular flexibility index (Phi) is 4.83. The molecule has 1 atom stereocenters. The minimum absolute atomic E-state index is 0.195. The zero-order chi connectivity index (χ0) is 18.7. The smallest absolute Gasteiger partial charge is 0.328 e. The number of nitrogens with zero attached hydrogens (tertiary/aromatic N) is 3. The number of aromatic nitrogens is 3. The van der Waals surface area contributed by atoms with Gasteiger partial charge in [-0.05, 0) is 31.2 Å². The van der Waals surface area contributed by atoms with Gasteiger partial charge in [0.25, 0.3) is 5.91 Å². The molecule has 1 N–H and O–H groups in total. The van der Waals surface area contributed by atoms with E-state index in [0.717, 1.165) is 0 Å². The summed E-state index contributed by atoms with van der Waals surface area (Å²) in [5, 5.41) is 6.73. The van der Waals surface area contributed by atoms with E-state index in [2.05, 4.69) is 15.2 Å². The van der Waals surface area contributed by atoms with Gasteiger partial charge < -0.3 is 14.6 Å². The number of carbonyl (C=O) groups is 2. The van der Waals surface area contributed by atoms with Gasteiger partial charge in [0, 0.05) is 12.4 Å². The summed E-state index contributed by atoms with van der Waals surface area (Å²) >= 11 is 0. The highest BCUT2D eigenvalue weighted by Crippen LogP contribution is 2.21. The Balaban J connectivity index is 2.06. The lowest BCUT2D eigenvalue weighted by Gasteiger charge is -2.14. The summed E-state index contributed by atoms with van der Waals surface area (Å²) in [6.45, 7) is 1.51.